The Bertz CT molecular complexity index is 1090. The molecule has 0 saturated carbocycles. The summed E-state index contributed by atoms with van der Waals surface area (Å²) in [5.74, 6) is -2.99. The van der Waals surface area contributed by atoms with Gasteiger partial charge in [-0.1, -0.05) is 6.07 Å². The standard InChI is InChI=1S/C19H16F2N4O4/c1-24(10-16(26)22-15-4-2-3-14(21)9-15)17(27)11-25-19(28)29-18(23-25)12-5-7-13(20)8-6-12/h2-9H,10-11H2,1H3,(H,22,26). The lowest BCUT2D eigenvalue weighted by Crippen LogP contribution is -2.38. The highest BCUT2D eigenvalue weighted by molar-refractivity contribution is 5.94. The summed E-state index contributed by atoms with van der Waals surface area (Å²) >= 11 is 0. The third kappa shape index (κ3) is 5.12. The van der Waals surface area contributed by atoms with E-state index < -0.39 is 35.7 Å². The quantitative estimate of drug-likeness (QED) is 0.679. The van der Waals surface area contributed by atoms with Crippen molar-refractivity contribution < 1.29 is 22.8 Å². The molecule has 0 bridgehead atoms. The van der Waals surface area contributed by atoms with Crippen molar-refractivity contribution >= 4 is 17.5 Å². The average molecular weight is 402 g/mol. The first-order valence-corrected chi connectivity index (χ1v) is 8.45. The van der Waals surface area contributed by atoms with E-state index in [1.807, 2.05) is 0 Å². The van der Waals surface area contributed by atoms with Crippen LogP contribution in [0.5, 0.6) is 0 Å². The van der Waals surface area contributed by atoms with E-state index in [0.29, 0.717) is 5.56 Å². The van der Waals surface area contributed by atoms with Gasteiger partial charge in [0.15, 0.2) is 0 Å². The predicted molar refractivity (Wildman–Crippen MR) is 98.8 cm³/mol. The van der Waals surface area contributed by atoms with Crippen LogP contribution in [0, 0.1) is 11.6 Å². The zero-order chi connectivity index (χ0) is 21.0. The van der Waals surface area contributed by atoms with Gasteiger partial charge in [0.05, 0.1) is 6.54 Å². The lowest BCUT2D eigenvalue weighted by Gasteiger charge is -2.16. The molecule has 0 aliphatic rings. The summed E-state index contributed by atoms with van der Waals surface area (Å²) < 4.78 is 31.9. The van der Waals surface area contributed by atoms with Crippen LogP contribution in [0.25, 0.3) is 11.5 Å². The van der Waals surface area contributed by atoms with Crippen molar-refractivity contribution in [2.45, 2.75) is 6.54 Å². The van der Waals surface area contributed by atoms with Crippen molar-refractivity contribution in [2.75, 3.05) is 18.9 Å². The maximum absolute atomic E-state index is 13.2. The number of nitrogens with zero attached hydrogens (tertiary/aromatic N) is 3. The predicted octanol–water partition coefficient (Wildman–Crippen LogP) is 1.88. The van der Waals surface area contributed by atoms with Gasteiger partial charge in [-0.15, -0.1) is 5.10 Å². The summed E-state index contributed by atoms with van der Waals surface area (Å²) in [5.41, 5.74) is 0.630. The molecule has 0 aliphatic heterocycles. The SMILES string of the molecule is CN(CC(=O)Nc1cccc(F)c1)C(=O)Cn1nc(-c2ccc(F)cc2)oc1=O. The number of rotatable bonds is 6. The van der Waals surface area contributed by atoms with Gasteiger partial charge in [0.25, 0.3) is 0 Å². The topological polar surface area (TPSA) is 97.4 Å². The first-order chi connectivity index (χ1) is 13.8. The molecule has 1 aromatic heterocycles. The molecule has 1 N–H and O–H groups in total. The second kappa shape index (κ2) is 8.46. The summed E-state index contributed by atoms with van der Waals surface area (Å²) in [6.45, 7) is -0.764. The summed E-state index contributed by atoms with van der Waals surface area (Å²) in [6, 6.07) is 10.5. The van der Waals surface area contributed by atoms with Crippen molar-refractivity contribution in [1.29, 1.82) is 0 Å². The number of aromatic nitrogens is 2. The van der Waals surface area contributed by atoms with Crippen molar-refractivity contribution in [1.82, 2.24) is 14.7 Å². The highest BCUT2D eigenvalue weighted by atomic mass is 19.1. The van der Waals surface area contributed by atoms with E-state index in [4.69, 9.17) is 4.42 Å². The number of anilines is 1. The normalized spacial score (nSPS) is 10.6. The molecular weight excluding hydrogens is 386 g/mol. The minimum atomic E-state index is -0.865. The molecule has 10 heteroatoms. The van der Waals surface area contributed by atoms with E-state index in [0.717, 1.165) is 15.6 Å². The molecule has 2 aromatic carbocycles. The Balaban J connectivity index is 1.61. The third-order valence-corrected chi connectivity index (χ3v) is 3.90. The second-order valence-electron chi connectivity index (χ2n) is 6.15. The highest BCUT2D eigenvalue weighted by Gasteiger charge is 2.18. The van der Waals surface area contributed by atoms with Crippen LogP contribution in [-0.4, -0.2) is 40.1 Å². The van der Waals surface area contributed by atoms with Crippen LogP contribution in [-0.2, 0) is 16.1 Å². The molecule has 150 valence electrons. The molecule has 0 spiro atoms. The van der Waals surface area contributed by atoms with Crippen molar-refractivity contribution in [3.63, 3.8) is 0 Å². The Hall–Kier alpha value is -3.82. The van der Waals surface area contributed by atoms with E-state index in [-0.39, 0.29) is 18.1 Å². The molecule has 0 unspecified atom stereocenters. The number of hydrogen-bond acceptors (Lipinski definition) is 5. The number of carbonyl (C=O) groups excluding carboxylic acids is 2. The molecule has 0 atom stereocenters. The van der Waals surface area contributed by atoms with E-state index in [9.17, 15) is 23.2 Å². The van der Waals surface area contributed by atoms with Crippen LogP contribution in [0.4, 0.5) is 14.5 Å². The first-order valence-electron chi connectivity index (χ1n) is 8.45. The van der Waals surface area contributed by atoms with Gasteiger partial charge in [-0.3, -0.25) is 9.59 Å². The first kappa shape index (κ1) is 19.9. The number of benzene rings is 2. The van der Waals surface area contributed by atoms with Crippen molar-refractivity contribution in [3.05, 3.63) is 70.7 Å². The summed E-state index contributed by atoms with van der Waals surface area (Å²) in [7, 11) is 1.37. The van der Waals surface area contributed by atoms with Crippen LogP contribution < -0.4 is 11.1 Å². The molecule has 0 fully saturated rings. The van der Waals surface area contributed by atoms with Crippen LogP contribution in [0.2, 0.25) is 0 Å². The van der Waals surface area contributed by atoms with E-state index in [1.165, 1.54) is 49.5 Å². The zero-order valence-electron chi connectivity index (χ0n) is 15.3. The van der Waals surface area contributed by atoms with E-state index >= 15 is 0 Å². The largest absolute Gasteiger partial charge is 0.437 e. The van der Waals surface area contributed by atoms with Crippen LogP contribution in [0.1, 0.15) is 0 Å². The Morgan fingerprint density at radius 1 is 1.14 bits per heavy atom. The Morgan fingerprint density at radius 3 is 2.55 bits per heavy atom. The fourth-order valence-corrected chi connectivity index (χ4v) is 2.43. The summed E-state index contributed by atoms with van der Waals surface area (Å²) in [5, 5.41) is 6.38. The Morgan fingerprint density at radius 2 is 1.86 bits per heavy atom. The van der Waals surface area contributed by atoms with Crippen LogP contribution in [0.3, 0.4) is 0 Å². The van der Waals surface area contributed by atoms with Gasteiger partial charge in [-0.25, -0.2) is 13.6 Å². The average Bonchev–Trinajstić information content (AvgIpc) is 3.02. The lowest BCUT2D eigenvalue weighted by molar-refractivity contribution is -0.134. The molecule has 1 heterocycles. The minimum Gasteiger partial charge on any atom is -0.388 e. The summed E-state index contributed by atoms with van der Waals surface area (Å²) in [6.07, 6.45) is 0. The van der Waals surface area contributed by atoms with Gasteiger partial charge >= 0.3 is 5.76 Å². The molecule has 3 aromatic rings. The van der Waals surface area contributed by atoms with Gasteiger partial charge in [0, 0.05) is 18.3 Å². The van der Waals surface area contributed by atoms with Gasteiger partial charge < -0.3 is 14.6 Å². The minimum absolute atomic E-state index is 0.0608. The van der Waals surface area contributed by atoms with Crippen molar-refractivity contribution in [2.24, 2.45) is 0 Å². The fraction of sp³-hybridized carbons (Fsp3) is 0.158. The maximum atomic E-state index is 13.2. The van der Waals surface area contributed by atoms with Crippen LogP contribution in [0.15, 0.2) is 57.7 Å². The second-order valence-corrected chi connectivity index (χ2v) is 6.15. The number of amides is 2. The number of likely N-dealkylation sites (N-methyl/N-ethyl adjacent to an activating group) is 1. The molecule has 0 aliphatic carbocycles. The summed E-state index contributed by atoms with van der Waals surface area (Å²) in [4.78, 5) is 37.3. The number of carbonyl (C=O) groups is 2. The lowest BCUT2D eigenvalue weighted by atomic mass is 10.2. The zero-order valence-corrected chi connectivity index (χ0v) is 15.3. The molecule has 29 heavy (non-hydrogen) atoms. The Labute approximate surface area is 163 Å². The molecule has 2 amide bonds. The monoisotopic (exact) mass is 402 g/mol. The smallest absolute Gasteiger partial charge is 0.388 e. The molecular formula is C19H16F2N4O4. The maximum Gasteiger partial charge on any atom is 0.437 e. The van der Waals surface area contributed by atoms with E-state index in [1.54, 1.807) is 0 Å². The third-order valence-electron chi connectivity index (χ3n) is 3.90. The molecule has 3 rings (SSSR count). The van der Waals surface area contributed by atoms with E-state index in [2.05, 4.69) is 10.4 Å². The number of nitrogens with one attached hydrogen (secondary N) is 1. The van der Waals surface area contributed by atoms with Gasteiger partial charge in [-0.05, 0) is 42.5 Å². The molecule has 0 saturated heterocycles. The number of halogens is 2. The number of hydrogen-bond donors (Lipinski definition) is 1. The van der Waals surface area contributed by atoms with Gasteiger partial charge in [-0.2, -0.15) is 4.68 Å². The molecule has 8 nitrogen and oxygen atoms in total. The highest BCUT2D eigenvalue weighted by Crippen LogP contribution is 2.15. The Kier molecular flexibility index (Phi) is 5.82. The van der Waals surface area contributed by atoms with Crippen molar-refractivity contribution in [3.8, 4) is 11.5 Å². The van der Waals surface area contributed by atoms with Crippen LogP contribution >= 0.6 is 0 Å². The van der Waals surface area contributed by atoms with Gasteiger partial charge in [0.2, 0.25) is 17.7 Å². The van der Waals surface area contributed by atoms with Gasteiger partial charge in [0.1, 0.15) is 18.2 Å². The fourth-order valence-electron chi connectivity index (χ4n) is 2.43. The molecule has 0 radical (unpaired) electrons.